The number of phosphoric ester groups is 1. The first-order valence-electron chi connectivity index (χ1n) is 10.0. The molecule has 2 saturated heterocycles. The maximum absolute atomic E-state index is 12.0. The maximum atomic E-state index is 12.0. The van der Waals surface area contributed by atoms with Crippen molar-refractivity contribution >= 4 is 25.3 Å². The van der Waals surface area contributed by atoms with Crippen molar-refractivity contribution in [2.45, 2.75) is 44.4 Å². The lowest BCUT2D eigenvalue weighted by Crippen LogP contribution is -2.31. The van der Waals surface area contributed by atoms with Gasteiger partial charge in [0.2, 0.25) is 6.29 Å². The summed E-state index contributed by atoms with van der Waals surface area (Å²) in [6.07, 6.45) is 0.104. The average molecular weight is 476 g/mol. The van der Waals surface area contributed by atoms with E-state index in [1.165, 1.54) is 12.7 Å². The van der Waals surface area contributed by atoms with E-state index in [0.717, 1.165) is 13.4 Å². The van der Waals surface area contributed by atoms with Crippen molar-refractivity contribution in [1.29, 1.82) is 0 Å². The molecule has 2 aromatic heterocycles. The first-order valence-corrected chi connectivity index (χ1v) is 11.5. The fourth-order valence-electron chi connectivity index (χ4n) is 4.03. The molecule has 33 heavy (non-hydrogen) atoms. The molecule has 2 aliphatic heterocycles. The first kappa shape index (κ1) is 22.2. The van der Waals surface area contributed by atoms with Gasteiger partial charge >= 0.3 is 7.82 Å². The van der Waals surface area contributed by atoms with E-state index in [-0.39, 0.29) is 0 Å². The lowest BCUT2D eigenvalue weighted by Gasteiger charge is -2.25. The number of benzene rings is 1. The van der Waals surface area contributed by atoms with Crippen LogP contribution in [0.25, 0.3) is 22.4 Å². The molecule has 13 heteroatoms. The van der Waals surface area contributed by atoms with Gasteiger partial charge in [-0.3, -0.25) is 18.4 Å². The molecule has 2 aliphatic rings. The average Bonchev–Trinajstić information content (AvgIpc) is 3.45. The highest BCUT2D eigenvalue weighted by atomic mass is 31.2. The van der Waals surface area contributed by atoms with Crippen LogP contribution in [-0.4, -0.2) is 62.1 Å². The first-order chi connectivity index (χ1) is 15.7. The van der Waals surface area contributed by atoms with E-state index in [1.54, 1.807) is 36.6 Å². The molecular formula is C20H21N4O8P. The van der Waals surface area contributed by atoms with E-state index in [1.807, 2.05) is 6.07 Å². The minimum atomic E-state index is -4.36. The third-order valence-corrected chi connectivity index (χ3v) is 6.32. The van der Waals surface area contributed by atoms with Crippen LogP contribution in [0.5, 0.6) is 0 Å². The van der Waals surface area contributed by atoms with Crippen molar-refractivity contribution < 1.29 is 37.5 Å². The van der Waals surface area contributed by atoms with Crippen molar-refractivity contribution in [1.82, 2.24) is 19.5 Å². The minimum absolute atomic E-state index is 0.438. The van der Waals surface area contributed by atoms with Gasteiger partial charge in [-0.25, -0.2) is 19.5 Å². The maximum Gasteiger partial charge on any atom is 0.474 e. The number of fused-ring (bicyclic) bond motifs is 2. The number of aromatic nitrogens is 4. The summed E-state index contributed by atoms with van der Waals surface area (Å²) in [5, 5.41) is 0. The predicted molar refractivity (Wildman–Crippen MR) is 112 cm³/mol. The van der Waals surface area contributed by atoms with Crippen molar-refractivity contribution in [3.63, 3.8) is 0 Å². The SMILES string of the molecule is COP(=O)(O)O[C@H]1O[C@@H](n2cnc3c(-c4cccc(C=O)c4)ncnc32)[C@@H]2OC(C)(C)O[C@@H]12. The zero-order valence-corrected chi connectivity index (χ0v) is 18.8. The number of phosphoric acid groups is 1. The monoisotopic (exact) mass is 476 g/mol. The largest absolute Gasteiger partial charge is 0.474 e. The number of rotatable bonds is 6. The van der Waals surface area contributed by atoms with Crippen LogP contribution in [0.15, 0.2) is 36.9 Å². The molecule has 1 aromatic carbocycles. The topological polar surface area (TPSA) is 144 Å². The highest BCUT2D eigenvalue weighted by Gasteiger charge is 2.58. The van der Waals surface area contributed by atoms with E-state index in [9.17, 15) is 14.3 Å². The van der Waals surface area contributed by atoms with Gasteiger partial charge in [-0.05, 0) is 19.9 Å². The Morgan fingerprint density at radius 3 is 2.76 bits per heavy atom. The van der Waals surface area contributed by atoms with Crippen LogP contribution in [0, 0.1) is 0 Å². The number of carbonyl (C=O) groups is 1. The highest BCUT2D eigenvalue weighted by Crippen LogP contribution is 2.51. The number of imidazole rings is 1. The molecule has 0 bridgehead atoms. The number of hydrogen-bond donors (Lipinski definition) is 1. The molecule has 0 saturated carbocycles. The molecule has 0 amide bonds. The Balaban J connectivity index is 1.55. The van der Waals surface area contributed by atoms with Crippen LogP contribution in [0.1, 0.15) is 30.4 Å². The zero-order valence-electron chi connectivity index (χ0n) is 17.9. The number of aldehydes is 1. The smallest absolute Gasteiger partial charge is 0.340 e. The van der Waals surface area contributed by atoms with Gasteiger partial charge in [0.05, 0.1) is 6.33 Å². The summed E-state index contributed by atoms with van der Waals surface area (Å²) in [7, 11) is -3.30. The summed E-state index contributed by atoms with van der Waals surface area (Å²) in [6, 6.07) is 6.98. The van der Waals surface area contributed by atoms with Crippen LogP contribution >= 0.6 is 7.82 Å². The van der Waals surface area contributed by atoms with Gasteiger partial charge < -0.3 is 19.1 Å². The second-order valence-corrected chi connectivity index (χ2v) is 9.52. The summed E-state index contributed by atoms with van der Waals surface area (Å²) >= 11 is 0. The second kappa shape index (κ2) is 8.03. The van der Waals surface area contributed by atoms with Gasteiger partial charge in [0.1, 0.15) is 36.0 Å². The molecule has 12 nitrogen and oxygen atoms in total. The standard InChI is InChI=1S/C20H21N4O8P/c1-20(2)30-15-16(31-20)19(32-33(26,27)28-3)29-18(15)24-10-23-14-13(21-9-22-17(14)24)12-6-4-5-11(7-12)8-25/h4-10,15-16,18-19H,1-3H3,(H,26,27)/t15-,16-,18-,19-/m1/s1. The Hall–Kier alpha value is -2.57. The highest BCUT2D eigenvalue weighted by molar-refractivity contribution is 7.47. The van der Waals surface area contributed by atoms with E-state index in [4.69, 9.17) is 18.7 Å². The molecule has 4 heterocycles. The number of carbonyl (C=O) groups excluding carboxylic acids is 1. The molecule has 1 N–H and O–H groups in total. The lowest BCUT2D eigenvalue weighted by atomic mass is 10.1. The Bertz CT molecular complexity index is 1260. The second-order valence-electron chi connectivity index (χ2n) is 8.01. The number of hydrogen-bond acceptors (Lipinski definition) is 10. The molecule has 0 aliphatic carbocycles. The van der Waals surface area contributed by atoms with Crippen LogP contribution in [-0.2, 0) is 27.8 Å². The number of nitrogens with zero attached hydrogens (tertiary/aromatic N) is 4. The molecule has 1 unspecified atom stereocenters. The fourth-order valence-corrected chi connectivity index (χ4v) is 4.55. The quantitative estimate of drug-likeness (QED) is 0.414. The Labute approximate surface area is 188 Å². The summed E-state index contributed by atoms with van der Waals surface area (Å²) < 4.78 is 41.2. The van der Waals surface area contributed by atoms with Gasteiger partial charge in [0.15, 0.2) is 17.7 Å². The van der Waals surface area contributed by atoms with E-state index in [2.05, 4.69) is 19.5 Å². The van der Waals surface area contributed by atoms with Gasteiger partial charge in [-0.15, -0.1) is 0 Å². The third-order valence-electron chi connectivity index (χ3n) is 5.38. The van der Waals surface area contributed by atoms with E-state index in [0.29, 0.717) is 28.0 Å². The normalized spacial score (nSPS) is 28.0. The summed E-state index contributed by atoms with van der Waals surface area (Å²) in [5.74, 6) is -0.975. The van der Waals surface area contributed by atoms with Crippen LogP contribution in [0.4, 0.5) is 0 Å². The van der Waals surface area contributed by atoms with Crippen molar-refractivity contribution in [3.05, 3.63) is 42.5 Å². The molecular weight excluding hydrogens is 455 g/mol. The molecule has 5 atom stereocenters. The summed E-state index contributed by atoms with van der Waals surface area (Å²) in [5.41, 5.74) is 2.66. The lowest BCUT2D eigenvalue weighted by molar-refractivity contribution is -0.227. The van der Waals surface area contributed by atoms with Gasteiger partial charge in [-0.1, -0.05) is 18.2 Å². The van der Waals surface area contributed by atoms with Crippen LogP contribution in [0.2, 0.25) is 0 Å². The third kappa shape index (κ3) is 4.00. The van der Waals surface area contributed by atoms with Crippen LogP contribution < -0.4 is 0 Å². The Morgan fingerprint density at radius 1 is 1.21 bits per heavy atom. The van der Waals surface area contributed by atoms with E-state index < -0.39 is 38.3 Å². The summed E-state index contributed by atoms with van der Waals surface area (Å²) in [6.45, 7) is 3.45. The molecule has 5 rings (SSSR count). The minimum Gasteiger partial charge on any atom is -0.340 e. The van der Waals surface area contributed by atoms with E-state index >= 15 is 0 Å². The molecule has 0 radical (unpaired) electrons. The molecule has 3 aromatic rings. The van der Waals surface area contributed by atoms with Crippen molar-refractivity contribution in [3.8, 4) is 11.3 Å². The van der Waals surface area contributed by atoms with Gasteiger partial charge in [-0.2, -0.15) is 0 Å². The van der Waals surface area contributed by atoms with Gasteiger partial charge in [0, 0.05) is 18.2 Å². The Morgan fingerprint density at radius 2 is 2.00 bits per heavy atom. The molecule has 2 fully saturated rings. The Kier molecular flexibility index (Phi) is 5.41. The van der Waals surface area contributed by atoms with Crippen molar-refractivity contribution in [2.24, 2.45) is 0 Å². The summed E-state index contributed by atoms with van der Waals surface area (Å²) in [4.78, 5) is 34.2. The van der Waals surface area contributed by atoms with Crippen molar-refractivity contribution in [2.75, 3.05) is 7.11 Å². The number of ether oxygens (including phenoxy) is 3. The van der Waals surface area contributed by atoms with Crippen LogP contribution in [0.3, 0.4) is 0 Å². The van der Waals surface area contributed by atoms with Gasteiger partial charge in [0.25, 0.3) is 0 Å². The molecule has 174 valence electrons. The zero-order chi connectivity index (χ0) is 23.4. The predicted octanol–water partition coefficient (Wildman–Crippen LogP) is 2.44. The fraction of sp³-hybridized carbons (Fsp3) is 0.400. The molecule has 0 spiro atoms.